The van der Waals surface area contributed by atoms with Crippen LogP contribution in [-0.2, 0) is 14.8 Å². The number of carbonyl (C=O) groups is 1. The molecule has 2 aliphatic rings. The second-order valence-electron chi connectivity index (χ2n) is 9.15. The molecule has 1 atom stereocenters. The molecule has 204 valence electrons. The van der Waals surface area contributed by atoms with Crippen LogP contribution in [0.2, 0.25) is 0 Å². The summed E-state index contributed by atoms with van der Waals surface area (Å²) in [7, 11) is -3.56. The predicted octanol–water partition coefficient (Wildman–Crippen LogP) is 2.92. The SMILES string of the molecule is CS(=O)(=O)Nc1cc(C(O)CNCCOc2ccc(/C=C3/SC(N4CCCCC4)=NC3=O)cc2)ccc1O. The number of aliphatic hydroxyl groups is 1. The predicted molar refractivity (Wildman–Crippen MR) is 150 cm³/mol. The van der Waals surface area contributed by atoms with Gasteiger partial charge in [-0.1, -0.05) is 18.2 Å². The van der Waals surface area contributed by atoms with E-state index < -0.39 is 16.1 Å². The van der Waals surface area contributed by atoms with Crippen molar-refractivity contribution in [2.24, 2.45) is 4.99 Å². The van der Waals surface area contributed by atoms with Gasteiger partial charge in [-0.2, -0.15) is 4.99 Å². The van der Waals surface area contributed by atoms with Crippen molar-refractivity contribution >= 4 is 44.6 Å². The van der Waals surface area contributed by atoms with Crippen LogP contribution < -0.4 is 14.8 Å². The third kappa shape index (κ3) is 7.97. The molecule has 0 spiro atoms. The first-order chi connectivity index (χ1) is 18.2. The van der Waals surface area contributed by atoms with Gasteiger partial charge in [-0.25, -0.2) is 8.42 Å². The van der Waals surface area contributed by atoms with Gasteiger partial charge < -0.3 is 25.2 Å². The molecule has 0 aliphatic carbocycles. The molecule has 1 amide bonds. The van der Waals surface area contributed by atoms with E-state index >= 15 is 0 Å². The van der Waals surface area contributed by atoms with Crippen molar-refractivity contribution in [1.29, 1.82) is 0 Å². The van der Waals surface area contributed by atoms with Gasteiger partial charge in [0.05, 0.1) is 23.0 Å². The molecule has 0 saturated carbocycles. The molecule has 2 aromatic carbocycles. The van der Waals surface area contributed by atoms with E-state index in [0.29, 0.717) is 29.4 Å². The smallest absolute Gasteiger partial charge is 0.286 e. The minimum Gasteiger partial charge on any atom is -0.506 e. The van der Waals surface area contributed by atoms with Crippen LogP contribution in [-0.4, -0.2) is 73.6 Å². The Morgan fingerprint density at radius 2 is 1.89 bits per heavy atom. The number of thioether (sulfide) groups is 1. The van der Waals surface area contributed by atoms with Crippen LogP contribution in [0.3, 0.4) is 0 Å². The number of aromatic hydroxyl groups is 1. The number of phenolic OH excluding ortho intramolecular Hbond substituents is 1. The first kappa shape index (κ1) is 28.0. The number of amidine groups is 1. The van der Waals surface area contributed by atoms with Crippen LogP contribution in [0, 0.1) is 0 Å². The van der Waals surface area contributed by atoms with Gasteiger partial charge in [0.25, 0.3) is 5.91 Å². The molecule has 1 unspecified atom stereocenters. The van der Waals surface area contributed by atoms with Crippen LogP contribution in [0.25, 0.3) is 6.08 Å². The van der Waals surface area contributed by atoms with Crippen molar-refractivity contribution in [1.82, 2.24) is 10.2 Å². The molecule has 0 bridgehead atoms. The van der Waals surface area contributed by atoms with Crippen molar-refractivity contribution in [3.8, 4) is 11.5 Å². The fourth-order valence-corrected chi connectivity index (χ4v) is 5.60. The van der Waals surface area contributed by atoms with Crippen LogP contribution in [0.5, 0.6) is 11.5 Å². The van der Waals surface area contributed by atoms with Crippen LogP contribution in [0.1, 0.15) is 36.5 Å². The Kier molecular flexibility index (Phi) is 9.31. The number of sulfonamides is 1. The minimum absolute atomic E-state index is 0.0114. The van der Waals surface area contributed by atoms with Crippen molar-refractivity contribution in [2.45, 2.75) is 25.4 Å². The molecule has 2 aliphatic heterocycles. The van der Waals surface area contributed by atoms with E-state index in [1.165, 1.54) is 36.4 Å². The average molecular weight is 561 g/mol. The van der Waals surface area contributed by atoms with Crippen molar-refractivity contribution < 1.29 is 28.2 Å². The maximum atomic E-state index is 12.3. The standard InChI is InChI=1S/C26H32N4O6S2/c1-38(34,35)29-21-16-19(7-10-22(21)31)23(32)17-27-11-14-36-20-8-5-18(6-9-20)15-24-25(33)28-26(37-24)30-12-3-2-4-13-30/h5-10,15-16,23,27,29,31-32H,2-4,11-14,17H2,1H3/b24-15+. The number of nitrogens with zero attached hydrogens (tertiary/aromatic N) is 2. The molecule has 10 nitrogen and oxygen atoms in total. The number of likely N-dealkylation sites (tertiary alicyclic amines) is 1. The number of carbonyl (C=O) groups excluding carboxylic acids is 1. The van der Waals surface area contributed by atoms with Crippen molar-refractivity contribution in [3.05, 3.63) is 58.5 Å². The second-order valence-corrected chi connectivity index (χ2v) is 11.9. The summed E-state index contributed by atoms with van der Waals surface area (Å²) in [4.78, 5) is 19.4. The summed E-state index contributed by atoms with van der Waals surface area (Å²) in [6.07, 6.45) is 5.42. The van der Waals surface area contributed by atoms with Gasteiger partial charge in [-0.05, 0) is 72.5 Å². The molecule has 2 aromatic rings. The van der Waals surface area contributed by atoms with Gasteiger partial charge >= 0.3 is 0 Å². The molecule has 4 rings (SSSR count). The summed E-state index contributed by atoms with van der Waals surface area (Å²) in [5, 5.41) is 24.1. The van der Waals surface area contributed by atoms with E-state index in [4.69, 9.17) is 4.74 Å². The lowest BCUT2D eigenvalue weighted by Crippen LogP contribution is -2.33. The highest BCUT2D eigenvalue weighted by Gasteiger charge is 2.26. The van der Waals surface area contributed by atoms with Crippen molar-refractivity contribution in [3.63, 3.8) is 0 Å². The molecule has 4 N–H and O–H groups in total. The zero-order valence-electron chi connectivity index (χ0n) is 21.1. The average Bonchev–Trinajstić information content (AvgIpc) is 3.25. The summed E-state index contributed by atoms with van der Waals surface area (Å²) in [6.45, 7) is 2.95. The lowest BCUT2D eigenvalue weighted by atomic mass is 10.1. The van der Waals surface area contributed by atoms with E-state index in [2.05, 4.69) is 19.9 Å². The van der Waals surface area contributed by atoms with Crippen LogP contribution in [0.15, 0.2) is 52.4 Å². The fraction of sp³-hybridized carbons (Fsp3) is 0.385. The third-order valence-corrected chi connectivity index (χ3v) is 7.63. The highest BCUT2D eigenvalue weighted by atomic mass is 32.2. The molecular weight excluding hydrogens is 528 g/mol. The van der Waals surface area contributed by atoms with Crippen LogP contribution in [0.4, 0.5) is 5.69 Å². The third-order valence-electron chi connectivity index (χ3n) is 6.00. The summed E-state index contributed by atoms with van der Waals surface area (Å²) in [6, 6.07) is 11.7. The number of anilines is 1. The number of hydrogen-bond acceptors (Lipinski definition) is 9. The highest BCUT2D eigenvalue weighted by molar-refractivity contribution is 8.18. The maximum absolute atomic E-state index is 12.3. The quantitative estimate of drug-likeness (QED) is 0.196. The number of nitrogens with one attached hydrogen (secondary N) is 2. The van der Waals surface area contributed by atoms with Gasteiger partial charge in [0, 0.05) is 26.2 Å². The fourth-order valence-electron chi connectivity index (χ4n) is 4.07. The van der Waals surface area contributed by atoms with E-state index in [0.717, 1.165) is 42.9 Å². The lowest BCUT2D eigenvalue weighted by Gasteiger charge is -2.27. The normalized spacial score (nSPS) is 17.9. The zero-order valence-corrected chi connectivity index (χ0v) is 22.7. The van der Waals surface area contributed by atoms with Gasteiger partial charge in [0.1, 0.15) is 18.1 Å². The molecule has 12 heteroatoms. The molecular formula is C26H32N4O6S2. The number of benzene rings is 2. The minimum atomic E-state index is -3.56. The molecule has 0 radical (unpaired) electrons. The Labute approximate surface area is 226 Å². The second kappa shape index (κ2) is 12.7. The number of amides is 1. The van der Waals surface area contributed by atoms with Gasteiger partial charge in [-0.3, -0.25) is 9.52 Å². The van der Waals surface area contributed by atoms with Gasteiger partial charge in [0.15, 0.2) is 5.17 Å². The Morgan fingerprint density at radius 1 is 1.16 bits per heavy atom. The number of aliphatic hydroxyl groups excluding tert-OH is 1. The molecule has 1 saturated heterocycles. The number of rotatable bonds is 10. The Morgan fingerprint density at radius 3 is 2.61 bits per heavy atom. The molecule has 1 fully saturated rings. The van der Waals surface area contributed by atoms with E-state index in [1.807, 2.05) is 30.3 Å². The number of piperidine rings is 1. The topological polar surface area (TPSA) is 141 Å². The maximum Gasteiger partial charge on any atom is 0.286 e. The number of phenols is 1. The number of aliphatic imine (C=N–C) groups is 1. The van der Waals surface area contributed by atoms with Gasteiger partial charge in [-0.15, -0.1) is 0 Å². The summed E-state index contributed by atoms with van der Waals surface area (Å²) in [5.74, 6) is 0.263. The first-order valence-corrected chi connectivity index (χ1v) is 15.1. The molecule has 0 aromatic heterocycles. The number of ether oxygens (including phenoxy) is 1. The zero-order chi connectivity index (χ0) is 27.1. The van der Waals surface area contributed by atoms with Crippen molar-refractivity contribution in [2.75, 3.05) is 43.8 Å². The largest absolute Gasteiger partial charge is 0.506 e. The number of hydrogen-bond donors (Lipinski definition) is 4. The van der Waals surface area contributed by atoms with E-state index in [1.54, 1.807) is 0 Å². The molecule has 2 heterocycles. The monoisotopic (exact) mass is 560 g/mol. The summed E-state index contributed by atoms with van der Waals surface area (Å²) >= 11 is 1.43. The molecule has 38 heavy (non-hydrogen) atoms. The summed E-state index contributed by atoms with van der Waals surface area (Å²) in [5.41, 5.74) is 1.36. The summed E-state index contributed by atoms with van der Waals surface area (Å²) < 4.78 is 30.8. The van der Waals surface area contributed by atoms with E-state index in [-0.39, 0.29) is 23.9 Å². The Bertz CT molecular complexity index is 1310. The van der Waals surface area contributed by atoms with E-state index in [9.17, 15) is 23.4 Å². The Hall–Kier alpha value is -3.06. The van der Waals surface area contributed by atoms with Gasteiger partial charge in [0.2, 0.25) is 10.0 Å². The Balaban J connectivity index is 1.20. The lowest BCUT2D eigenvalue weighted by molar-refractivity contribution is -0.113. The first-order valence-electron chi connectivity index (χ1n) is 12.4. The highest BCUT2D eigenvalue weighted by Crippen LogP contribution is 2.32. The van der Waals surface area contributed by atoms with Crippen LogP contribution >= 0.6 is 11.8 Å².